The third-order valence-electron chi connectivity index (χ3n) is 2.93. The van der Waals surface area contributed by atoms with Crippen LogP contribution in [0, 0.1) is 10.1 Å². The van der Waals surface area contributed by atoms with Crippen molar-refractivity contribution < 1.29 is 14.9 Å². The highest BCUT2D eigenvalue weighted by molar-refractivity contribution is 7.97. The van der Waals surface area contributed by atoms with Crippen molar-refractivity contribution in [3.8, 4) is 0 Å². The Balaban J connectivity index is 2.10. The second-order valence-electron chi connectivity index (χ2n) is 4.66. The zero-order valence-corrected chi connectivity index (χ0v) is 12.9. The molecule has 0 atom stereocenters. The van der Waals surface area contributed by atoms with Crippen LogP contribution in [-0.4, -0.2) is 26.9 Å². The van der Waals surface area contributed by atoms with E-state index in [4.69, 9.17) is 5.21 Å². The van der Waals surface area contributed by atoms with Crippen molar-refractivity contribution in [1.82, 2.24) is 9.79 Å². The number of hydrogen-bond donors (Lipinski definition) is 2. The first-order valence-electron chi connectivity index (χ1n) is 6.72. The zero-order valence-electron chi connectivity index (χ0n) is 12.1. The Labute approximate surface area is 137 Å². The van der Waals surface area contributed by atoms with Gasteiger partial charge < -0.3 is 0 Å². The molecule has 0 fully saturated rings. The fourth-order valence-electron chi connectivity index (χ4n) is 1.88. The molecule has 2 aromatic carbocycles. The number of benzene rings is 2. The van der Waals surface area contributed by atoms with Crippen molar-refractivity contribution in [3.05, 3.63) is 70.3 Å². The lowest BCUT2D eigenvalue weighted by molar-refractivity contribution is -0.384. The van der Waals surface area contributed by atoms with E-state index in [1.165, 1.54) is 24.1 Å². The molecule has 0 aliphatic carbocycles. The van der Waals surface area contributed by atoms with Crippen LogP contribution in [-0.2, 0) is 11.3 Å². The van der Waals surface area contributed by atoms with Crippen LogP contribution < -0.4 is 5.48 Å². The largest absolute Gasteiger partial charge is 0.289 e. The van der Waals surface area contributed by atoms with Gasteiger partial charge in [0.1, 0.15) is 0 Å². The van der Waals surface area contributed by atoms with Gasteiger partial charge in [0, 0.05) is 23.6 Å². The van der Waals surface area contributed by atoms with Gasteiger partial charge in [0.05, 0.1) is 11.5 Å². The van der Waals surface area contributed by atoms with Gasteiger partial charge in [0.15, 0.2) is 0 Å². The average Bonchev–Trinajstić information content (AvgIpc) is 2.56. The van der Waals surface area contributed by atoms with E-state index in [-0.39, 0.29) is 12.2 Å². The highest BCUT2D eigenvalue weighted by atomic mass is 32.2. The predicted molar refractivity (Wildman–Crippen MR) is 85.7 cm³/mol. The average molecular weight is 333 g/mol. The maximum atomic E-state index is 11.4. The van der Waals surface area contributed by atoms with Crippen molar-refractivity contribution in [2.45, 2.75) is 11.4 Å². The van der Waals surface area contributed by atoms with Gasteiger partial charge in [0.25, 0.3) is 11.6 Å². The number of nitro benzene ring substituents is 1. The predicted octanol–water partition coefficient (Wildman–Crippen LogP) is 2.61. The molecule has 0 radical (unpaired) electrons. The first-order valence-corrected chi connectivity index (χ1v) is 7.50. The number of non-ortho nitro benzene ring substituents is 1. The molecule has 2 aromatic rings. The normalized spacial score (nSPS) is 10.5. The Morgan fingerprint density at radius 2 is 1.83 bits per heavy atom. The van der Waals surface area contributed by atoms with Crippen LogP contribution in [0.2, 0.25) is 0 Å². The quantitative estimate of drug-likeness (QED) is 0.350. The summed E-state index contributed by atoms with van der Waals surface area (Å²) >= 11 is 1.29. The van der Waals surface area contributed by atoms with Gasteiger partial charge in [0.2, 0.25) is 0 Å². The highest BCUT2D eigenvalue weighted by Crippen LogP contribution is 2.26. The molecule has 0 saturated heterocycles. The Morgan fingerprint density at radius 1 is 1.17 bits per heavy atom. The number of nitrogens with zero attached hydrogens (tertiary/aromatic N) is 2. The number of hydrogen-bond acceptors (Lipinski definition) is 6. The Kier molecular flexibility index (Phi) is 6.10. The second kappa shape index (κ2) is 8.28. The first kappa shape index (κ1) is 16.9. The highest BCUT2D eigenvalue weighted by Gasteiger charge is 2.13. The van der Waals surface area contributed by atoms with E-state index in [1.807, 2.05) is 30.3 Å². The molecule has 2 rings (SSSR count). The molecule has 23 heavy (non-hydrogen) atoms. The molecule has 0 aliphatic rings. The lowest BCUT2D eigenvalue weighted by atomic mass is 10.2. The number of nitro groups is 1. The van der Waals surface area contributed by atoms with Gasteiger partial charge in [-0.05, 0) is 29.6 Å². The molecule has 2 N–H and O–H groups in total. The number of amides is 1. The van der Waals surface area contributed by atoms with Crippen LogP contribution in [0.4, 0.5) is 5.69 Å². The monoisotopic (exact) mass is 333 g/mol. The molecule has 0 aromatic heterocycles. The van der Waals surface area contributed by atoms with E-state index in [1.54, 1.807) is 21.9 Å². The summed E-state index contributed by atoms with van der Waals surface area (Å²) in [6.07, 6.45) is 0. The number of hydroxylamine groups is 1. The van der Waals surface area contributed by atoms with Crippen LogP contribution in [0.1, 0.15) is 5.56 Å². The molecule has 0 saturated carbocycles. The summed E-state index contributed by atoms with van der Waals surface area (Å²) in [5, 5.41) is 19.4. The van der Waals surface area contributed by atoms with E-state index < -0.39 is 10.8 Å². The van der Waals surface area contributed by atoms with Gasteiger partial charge in [-0.2, -0.15) is 0 Å². The van der Waals surface area contributed by atoms with Gasteiger partial charge >= 0.3 is 0 Å². The molecule has 0 heterocycles. The van der Waals surface area contributed by atoms with E-state index in [0.29, 0.717) is 6.54 Å². The van der Waals surface area contributed by atoms with Crippen molar-refractivity contribution in [2.24, 2.45) is 0 Å². The maximum Gasteiger partial charge on any atom is 0.269 e. The number of carbonyl (C=O) groups excluding carboxylic acids is 1. The molecule has 0 spiro atoms. The molecule has 0 aliphatic heterocycles. The minimum atomic E-state index is -0.532. The van der Waals surface area contributed by atoms with Crippen LogP contribution in [0.15, 0.2) is 59.5 Å². The minimum Gasteiger partial charge on any atom is -0.289 e. The molecule has 8 heteroatoms. The van der Waals surface area contributed by atoms with Gasteiger partial charge in [-0.15, -0.1) is 0 Å². The van der Waals surface area contributed by atoms with Gasteiger partial charge in [-0.3, -0.25) is 20.1 Å². The third kappa shape index (κ3) is 5.37. The summed E-state index contributed by atoms with van der Waals surface area (Å²) in [5.41, 5.74) is 2.63. The summed E-state index contributed by atoms with van der Waals surface area (Å²) < 4.78 is 1.75. The zero-order chi connectivity index (χ0) is 16.7. The van der Waals surface area contributed by atoms with E-state index in [9.17, 15) is 14.9 Å². The van der Waals surface area contributed by atoms with Gasteiger partial charge in [-0.1, -0.05) is 30.3 Å². The summed E-state index contributed by atoms with van der Waals surface area (Å²) in [6, 6.07) is 15.6. The lowest BCUT2D eigenvalue weighted by Gasteiger charge is -2.20. The second-order valence-corrected chi connectivity index (χ2v) is 5.83. The van der Waals surface area contributed by atoms with Crippen LogP contribution in [0.5, 0.6) is 0 Å². The minimum absolute atomic E-state index is 0.0112. The summed E-state index contributed by atoms with van der Waals surface area (Å²) in [6.45, 7) is 0.461. The molecule has 120 valence electrons. The Hall–Kier alpha value is -2.42. The van der Waals surface area contributed by atoms with Gasteiger partial charge in [-0.25, -0.2) is 9.79 Å². The summed E-state index contributed by atoms with van der Waals surface area (Å²) in [4.78, 5) is 22.4. The van der Waals surface area contributed by atoms with E-state index in [0.717, 1.165) is 10.5 Å². The van der Waals surface area contributed by atoms with E-state index in [2.05, 4.69) is 0 Å². The van der Waals surface area contributed by atoms with Crippen molar-refractivity contribution in [3.63, 3.8) is 0 Å². The molecular weight excluding hydrogens is 318 g/mol. The van der Waals surface area contributed by atoms with Crippen molar-refractivity contribution >= 4 is 23.5 Å². The first-order chi connectivity index (χ1) is 11.1. The van der Waals surface area contributed by atoms with Crippen LogP contribution in [0.25, 0.3) is 0 Å². The van der Waals surface area contributed by atoms with E-state index >= 15 is 0 Å². The summed E-state index contributed by atoms with van der Waals surface area (Å²) in [5.74, 6) is -0.532. The topological polar surface area (TPSA) is 95.7 Å². The number of carbonyl (C=O) groups is 1. The van der Waals surface area contributed by atoms with Crippen molar-refractivity contribution in [1.29, 1.82) is 0 Å². The fourth-order valence-corrected chi connectivity index (χ4v) is 2.83. The Morgan fingerprint density at radius 3 is 2.39 bits per heavy atom. The molecule has 1 amide bonds. The van der Waals surface area contributed by atoms with Crippen LogP contribution >= 0.6 is 11.9 Å². The maximum absolute atomic E-state index is 11.4. The molecule has 0 bridgehead atoms. The molecular formula is C15H15N3O4S. The Bertz CT molecular complexity index is 664. The number of nitrogens with one attached hydrogen (secondary N) is 1. The fraction of sp³-hybridized carbons (Fsp3) is 0.133. The lowest BCUT2D eigenvalue weighted by Crippen LogP contribution is -2.31. The molecule has 7 nitrogen and oxygen atoms in total. The SMILES string of the molecule is O=C(CN(Cc1ccccc1)Sc1ccc([N+](=O)[O-])cc1)NO. The number of rotatable bonds is 7. The third-order valence-corrected chi connectivity index (χ3v) is 3.93. The smallest absolute Gasteiger partial charge is 0.269 e. The van der Waals surface area contributed by atoms with Crippen LogP contribution in [0.3, 0.4) is 0 Å². The molecule has 0 unspecified atom stereocenters. The van der Waals surface area contributed by atoms with Crippen molar-refractivity contribution in [2.75, 3.05) is 6.54 Å². The standard InChI is InChI=1S/C15H15N3O4S/c19-15(16-20)11-17(10-12-4-2-1-3-5-12)23-14-8-6-13(7-9-14)18(21)22/h1-9,20H,10-11H2,(H,16,19). The summed E-state index contributed by atoms with van der Waals surface area (Å²) in [7, 11) is 0.